The van der Waals surface area contributed by atoms with Gasteiger partial charge in [0.05, 0.1) is 17.7 Å². The lowest BCUT2D eigenvalue weighted by Crippen LogP contribution is -2.25. The lowest BCUT2D eigenvalue weighted by Gasteiger charge is -2.18. The van der Waals surface area contributed by atoms with Gasteiger partial charge < -0.3 is 15.0 Å². The molecule has 0 saturated heterocycles. The van der Waals surface area contributed by atoms with E-state index in [0.29, 0.717) is 33.1 Å². The molecular weight excluding hydrogens is 494 g/mol. The highest BCUT2D eigenvalue weighted by molar-refractivity contribution is 6.30. The number of hydrogen-bond donors (Lipinski definition) is 1. The molecule has 2 heterocycles. The van der Waals surface area contributed by atoms with Gasteiger partial charge in [0.1, 0.15) is 17.4 Å². The van der Waals surface area contributed by atoms with E-state index in [9.17, 15) is 9.59 Å². The third kappa shape index (κ3) is 5.75. The highest BCUT2D eigenvalue weighted by Gasteiger charge is 2.25. The van der Waals surface area contributed by atoms with E-state index < -0.39 is 18.0 Å². The van der Waals surface area contributed by atoms with Crippen LogP contribution in [-0.2, 0) is 14.3 Å². The zero-order valence-corrected chi connectivity index (χ0v) is 21.8. The number of carbonyl (C=O) groups excluding carboxylic acids is 2. The molecule has 0 radical (unpaired) electrons. The number of halogens is 1. The van der Waals surface area contributed by atoms with Crippen LogP contribution in [0.25, 0.3) is 16.7 Å². The van der Waals surface area contributed by atoms with Crippen LogP contribution in [0, 0.1) is 13.8 Å². The number of benzene rings is 2. The maximum absolute atomic E-state index is 13.1. The molecular formula is C26H26ClN7O3. The van der Waals surface area contributed by atoms with Crippen molar-refractivity contribution in [2.45, 2.75) is 26.9 Å². The number of anilines is 1. The number of ether oxygens (including phenoxy) is 1. The largest absolute Gasteiger partial charge is 0.447 e. The molecule has 1 amide bonds. The molecule has 4 aromatic rings. The van der Waals surface area contributed by atoms with Gasteiger partial charge in [-0.15, -0.1) is 0 Å². The van der Waals surface area contributed by atoms with Gasteiger partial charge >= 0.3 is 5.97 Å². The topological polar surface area (TPSA) is 115 Å². The second-order valence-corrected chi connectivity index (χ2v) is 9.07. The zero-order chi connectivity index (χ0) is 26.7. The molecule has 4 rings (SSSR count). The first kappa shape index (κ1) is 25.8. The van der Waals surface area contributed by atoms with Crippen molar-refractivity contribution in [2.24, 2.45) is 4.99 Å². The van der Waals surface area contributed by atoms with E-state index in [1.165, 1.54) is 13.3 Å². The summed E-state index contributed by atoms with van der Waals surface area (Å²) in [6.07, 6.45) is 1.98. The SMILES string of the molecule is CC(=O)O[C@@H](C(=O)Nc1ccc(-n2nc(C)c3ncnc(N=CN(C)C)c32)c(C)c1)c1cccc(Cl)c1. The molecule has 2 aromatic heterocycles. The van der Waals surface area contributed by atoms with Crippen LogP contribution in [0.1, 0.15) is 29.8 Å². The smallest absolute Gasteiger partial charge is 0.303 e. The first-order valence-electron chi connectivity index (χ1n) is 11.4. The molecule has 0 saturated carbocycles. The highest BCUT2D eigenvalue weighted by atomic mass is 35.5. The number of carbonyl (C=O) groups is 2. The van der Waals surface area contributed by atoms with E-state index in [2.05, 4.69) is 25.4 Å². The molecule has 11 heteroatoms. The number of nitrogens with zero attached hydrogens (tertiary/aromatic N) is 6. The first-order valence-corrected chi connectivity index (χ1v) is 11.8. The lowest BCUT2D eigenvalue weighted by atomic mass is 10.1. The maximum atomic E-state index is 13.1. The van der Waals surface area contributed by atoms with Gasteiger partial charge in [0.15, 0.2) is 5.82 Å². The minimum Gasteiger partial charge on any atom is -0.447 e. The van der Waals surface area contributed by atoms with Gasteiger partial charge in [0.2, 0.25) is 6.10 Å². The van der Waals surface area contributed by atoms with Crippen molar-refractivity contribution in [3.05, 3.63) is 70.6 Å². The molecule has 0 aliphatic carbocycles. The van der Waals surface area contributed by atoms with Gasteiger partial charge in [-0.05, 0) is 49.7 Å². The van der Waals surface area contributed by atoms with Gasteiger partial charge in [-0.3, -0.25) is 9.59 Å². The fraction of sp³-hybridized carbons (Fsp3) is 0.231. The molecule has 0 fully saturated rings. The minimum atomic E-state index is -1.15. The molecule has 37 heavy (non-hydrogen) atoms. The fourth-order valence-corrected chi connectivity index (χ4v) is 4.00. The second kappa shape index (κ2) is 10.8. The Morgan fingerprint density at radius 2 is 1.95 bits per heavy atom. The monoisotopic (exact) mass is 519 g/mol. The number of esters is 1. The summed E-state index contributed by atoms with van der Waals surface area (Å²) in [7, 11) is 3.75. The Kier molecular flexibility index (Phi) is 7.49. The number of hydrogen-bond acceptors (Lipinski definition) is 7. The van der Waals surface area contributed by atoms with E-state index in [1.807, 2.05) is 45.0 Å². The average molecular weight is 520 g/mol. The Morgan fingerprint density at radius 3 is 2.62 bits per heavy atom. The quantitative estimate of drug-likeness (QED) is 0.216. The molecule has 0 aliphatic rings. The lowest BCUT2D eigenvalue weighted by molar-refractivity contribution is -0.152. The maximum Gasteiger partial charge on any atom is 0.303 e. The van der Waals surface area contributed by atoms with E-state index in [0.717, 1.165) is 16.9 Å². The summed E-state index contributed by atoms with van der Waals surface area (Å²) < 4.78 is 7.05. The minimum absolute atomic E-state index is 0.433. The molecule has 1 N–H and O–H groups in total. The third-order valence-corrected chi connectivity index (χ3v) is 5.62. The van der Waals surface area contributed by atoms with Crippen molar-refractivity contribution < 1.29 is 14.3 Å². The Morgan fingerprint density at radius 1 is 1.16 bits per heavy atom. The van der Waals surface area contributed by atoms with Crippen molar-refractivity contribution in [3.8, 4) is 5.69 Å². The summed E-state index contributed by atoms with van der Waals surface area (Å²) in [4.78, 5) is 39.8. The van der Waals surface area contributed by atoms with Gasteiger partial charge in [0, 0.05) is 37.3 Å². The number of nitrogens with one attached hydrogen (secondary N) is 1. The summed E-state index contributed by atoms with van der Waals surface area (Å²) in [5, 5.41) is 7.94. The Labute approximate surface area is 219 Å². The summed E-state index contributed by atoms with van der Waals surface area (Å²) in [6, 6.07) is 12.0. The van der Waals surface area contributed by atoms with Gasteiger partial charge in [-0.2, -0.15) is 5.10 Å². The van der Waals surface area contributed by atoms with Crippen LogP contribution in [0.2, 0.25) is 5.02 Å². The predicted molar refractivity (Wildman–Crippen MR) is 143 cm³/mol. The Hall–Kier alpha value is -4.31. The van der Waals surface area contributed by atoms with Crippen LogP contribution in [0.3, 0.4) is 0 Å². The van der Waals surface area contributed by atoms with E-state index in [1.54, 1.807) is 41.4 Å². The Balaban J connectivity index is 1.67. The normalized spacial score (nSPS) is 12.1. The molecule has 0 spiro atoms. The zero-order valence-electron chi connectivity index (χ0n) is 21.1. The van der Waals surface area contributed by atoms with Crippen LogP contribution in [0.15, 0.2) is 53.8 Å². The molecule has 0 aliphatic heterocycles. The molecule has 1 atom stereocenters. The molecule has 0 unspecified atom stereocenters. The molecule has 0 bridgehead atoms. The van der Waals surface area contributed by atoms with Crippen molar-refractivity contribution in [1.29, 1.82) is 0 Å². The standard InChI is InChI=1S/C26H26ClN7O3/c1-15-11-20(31-26(36)24(37-17(3)35)18-7-6-8-19(27)12-18)9-10-21(15)34-23-22(16(2)32-34)28-13-29-25(23)30-14-33(4)5/h6-14,24H,1-5H3,(H,31,36)/t24-/m1/s1. The fourth-order valence-electron chi connectivity index (χ4n) is 3.80. The summed E-state index contributed by atoms with van der Waals surface area (Å²) in [6.45, 7) is 5.03. The van der Waals surface area contributed by atoms with Crippen LogP contribution in [0.4, 0.5) is 11.5 Å². The number of fused-ring (bicyclic) bond motifs is 1. The van der Waals surface area contributed by atoms with E-state index in [4.69, 9.17) is 16.3 Å². The van der Waals surface area contributed by atoms with Crippen LogP contribution >= 0.6 is 11.6 Å². The van der Waals surface area contributed by atoms with Crippen molar-refractivity contribution in [3.63, 3.8) is 0 Å². The van der Waals surface area contributed by atoms with E-state index in [-0.39, 0.29) is 0 Å². The van der Waals surface area contributed by atoms with Crippen molar-refractivity contribution >= 4 is 52.4 Å². The first-order chi connectivity index (χ1) is 17.6. The number of amides is 1. The summed E-state index contributed by atoms with van der Waals surface area (Å²) in [5.41, 5.74) is 4.72. The number of aromatic nitrogens is 4. The van der Waals surface area contributed by atoms with Gasteiger partial charge in [0.25, 0.3) is 5.91 Å². The third-order valence-electron chi connectivity index (χ3n) is 5.38. The Bertz CT molecular complexity index is 1510. The highest BCUT2D eigenvalue weighted by Crippen LogP contribution is 2.30. The molecule has 10 nitrogen and oxygen atoms in total. The molecule has 2 aromatic carbocycles. The number of aliphatic imine (C=N–C) groups is 1. The van der Waals surface area contributed by atoms with Gasteiger partial charge in [-0.25, -0.2) is 19.6 Å². The second-order valence-electron chi connectivity index (χ2n) is 8.63. The van der Waals surface area contributed by atoms with E-state index >= 15 is 0 Å². The average Bonchev–Trinajstić information content (AvgIpc) is 3.18. The number of aryl methyl sites for hydroxylation is 2. The van der Waals surface area contributed by atoms with Crippen LogP contribution in [-0.4, -0.2) is 57.0 Å². The van der Waals surface area contributed by atoms with Gasteiger partial charge in [-0.1, -0.05) is 23.7 Å². The predicted octanol–water partition coefficient (Wildman–Crippen LogP) is 4.55. The van der Waals surface area contributed by atoms with Crippen LogP contribution in [0.5, 0.6) is 0 Å². The summed E-state index contributed by atoms with van der Waals surface area (Å²) >= 11 is 6.08. The van der Waals surface area contributed by atoms with Crippen molar-refractivity contribution in [2.75, 3.05) is 19.4 Å². The van der Waals surface area contributed by atoms with Crippen LogP contribution < -0.4 is 5.32 Å². The number of rotatable bonds is 7. The summed E-state index contributed by atoms with van der Waals surface area (Å²) in [5.74, 6) is -0.594. The van der Waals surface area contributed by atoms with Crippen molar-refractivity contribution in [1.82, 2.24) is 24.6 Å². The molecule has 190 valence electrons.